The first-order chi connectivity index (χ1) is 9.65. The van der Waals surface area contributed by atoms with E-state index in [0.29, 0.717) is 13.2 Å². The zero-order valence-electron chi connectivity index (χ0n) is 13.0. The van der Waals surface area contributed by atoms with E-state index >= 15 is 0 Å². The van der Waals surface area contributed by atoms with Crippen LogP contribution in [-0.2, 0) is 19.1 Å². The Balaban J connectivity index is 4.26. The van der Waals surface area contributed by atoms with Gasteiger partial charge in [-0.1, -0.05) is 38.3 Å². The average molecular weight is 284 g/mol. The number of ether oxygens (including phenoxy) is 2. The highest BCUT2D eigenvalue weighted by atomic mass is 16.5. The third-order valence-electron chi connectivity index (χ3n) is 2.87. The van der Waals surface area contributed by atoms with Crippen LogP contribution in [0.1, 0.15) is 59.3 Å². The van der Waals surface area contributed by atoms with Gasteiger partial charge in [-0.2, -0.15) is 0 Å². The Morgan fingerprint density at radius 3 is 2.30 bits per heavy atom. The quantitative estimate of drug-likeness (QED) is 0.330. The van der Waals surface area contributed by atoms with Crippen LogP contribution in [0.5, 0.6) is 0 Å². The fourth-order valence-corrected chi connectivity index (χ4v) is 1.83. The molecule has 116 valence electrons. The molecule has 0 amide bonds. The van der Waals surface area contributed by atoms with Crippen LogP contribution < -0.4 is 0 Å². The number of allylic oxidation sites excluding steroid dienone is 1. The minimum Gasteiger partial charge on any atom is -0.466 e. The molecule has 0 saturated heterocycles. The van der Waals surface area contributed by atoms with Crippen molar-refractivity contribution in [3.05, 3.63) is 12.2 Å². The van der Waals surface area contributed by atoms with E-state index in [1.807, 2.05) is 6.08 Å². The highest BCUT2D eigenvalue weighted by Crippen LogP contribution is 2.11. The van der Waals surface area contributed by atoms with Crippen molar-refractivity contribution in [3.8, 4) is 0 Å². The molecule has 0 spiro atoms. The van der Waals surface area contributed by atoms with Crippen LogP contribution >= 0.6 is 0 Å². The molecule has 0 aliphatic rings. The van der Waals surface area contributed by atoms with Crippen molar-refractivity contribution in [3.63, 3.8) is 0 Å². The predicted molar refractivity (Wildman–Crippen MR) is 79.3 cm³/mol. The van der Waals surface area contributed by atoms with Crippen LogP contribution in [0.4, 0.5) is 0 Å². The van der Waals surface area contributed by atoms with E-state index in [9.17, 15) is 9.59 Å². The minimum absolute atomic E-state index is 0.0537. The van der Waals surface area contributed by atoms with Gasteiger partial charge in [-0.05, 0) is 26.7 Å². The van der Waals surface area contributed by atoms with Gasteiger partial charge in [0.15, 0.2) is 0 Å². The number of hydrogen-bond acceptors (Lipinski definition) is 4. The third-order valence-corrected chi connectivity index (χ3v) is 2.87. The standard InChI is InChI=1S/C16H28O4/c1-4-7-8-9-10-11-12-14(16(18)20-6-3)13-15(17)19-5-2/h11-12,14H,4-10,13H2,1-3H3. The van der Waals surface area contributed by atoms with Gasteiger partial charge in [-0.3, -0.25) is 9.59 Å². The number of unbranched alkanes of at least 4 members (excludes halogenated alkanes) is 4. The predicted octanol–water partition coefficient (Wildman–Crippen LogP) is 3.65. The van der Waals surface area contributed by atoms with Crippen LogP contribution in [0.25, 0.3) is 0 Å². The molecule has 0 radical (unpaired) electrons. The van der Waals surface area contributed by atoms with Gasteiger partial charge in [0.25, 0.3) is 0 Å². The molecule has 0 aromatic heterocycles. The van der Waals surface area contributed by atoms with Gasteiger partial charge in [0.05, 0.1) is 25.6 Å². The van der Waals surface area contributed by atoms with Crippen LogP contribution in [0.15, 0.2) is 12.2 Å². The van der Waals surface area contributed by atoms with Crippen molar-refractivity contribution in [2.45, 2.75) is 59.3 Å². The molecule has 0 aromatic carbocycles. The van der Waals surface area contributed by atoms with Gasteiger partial charge in [-0.15, -0.1) is 0 Å². The molecular weight excluding hydrogens is 256 g/mol. The van der Waals surface area contributed by atoms with E-state index in [1.165, 1.54) is 19.3 Å². The third kappa shape index (κ3) is 9.59. The minimum atomic E-state index is -0.528. The molecule has 0 bridgehead atoms. The smallest absolute Gasteiger partial charge is 0.313 e. The monoisotopic (exact) mass is 284 g/mol. The fourth-order valence-electron chi connectivity index (χ4n) is 1.83. The van der Waals surface area contributed by atoms with Crippen LogP contribution in [0.3, 0.4) is 0 Å². The first-order valence-electron chi connectivity index (χ1n) is 7.64. The Hall–Kier alpha value is -1.32. The molecule has 20 heavy (non-hydrogen) atoms. The number of rotatable bonds is 11. The average Bonchev–Trinajstić information content (AvgIpc) is 2.41. The Labute approximate surface area is 122 Å². The van der Waals surface area contributed by atoms with E-state index in [4.69, 9.17) is 9.47 Å². The first kappa shape index (κ1) is 18.7. The van der Waals surface area contributed by atoms with E-state index < -0.39 is 5.92 Å². The molecule has 0 saturated carbocycles. The van der Waals surface area contributed by atoms with E-state index in [0.717, 1.165) is 12.8 Å². The van der Waals surface area contributed by atoms with Gasteiger partial charge in [-0.25, -0.2) is 0 Å². The first-order valence-corrected chi connectivity index (χ1v) is 7.64. The summed E-state index contributed by atoms with van der Waals surface area (Å²) >= 11 is 0. The van der Waals surface area contributed by atoms with Crippen molar-refractivity contribution < 1.29 is 19.1 Å². The topological polar surface area (TPSA) is 52.6 Å². The lowest BCUT2D eigenvalue weighted by Gasteiger charge is -2.11. The maximum absolute atomic E-state index is 11.8. The zero-order valence-corrected chi connectivity index (χ0v) is 13.0. The SMILES string of the molecule is CCCCCCC=CC(CC(=O)OCC)C(=O)OCC. The van der Waals surface area contributed by atoms with Gasteiger partial charge in [0, 0.05) is 0 Å². The molecule has 0 aliphatic heterocycles. The van der Waals surface area contributed by atoms with Crippen molar-refractivity contribution >= 4 is 11.9 Å². The molecule has 4 heteroatoms. The second-order valence-corrected chi connectivity index (χ2v) is 4.65. The van der Waals surface area contributed by atoms with Crippen LogP contribution in [0.2, 0.25) is 0 Å². The lowest BCUT2D eigenvalue weighted by molar-refractivity contribution is -0.153. The summed E-state index contributed by atoms with van der Waals surface area (Å²) in [5, 5.41) is 0. The molecule has 1 atom stereocenters. The summed E-state index contributed by atoms with van der Waals surface area (Å²) in [6.45, 7) is 6.33. The molecule has 0 N–H and O–H groups in total. The largest absolute Gasteiger partial charge is 0.466 e. The Kier molecular flexibility index (Phi) is 11.9. The molecule has 0 heterocycles. The molecule has 0 aliphatic carbocycles. The molecule has 0 aromatic rings. The van der Waals surface area contributed by atoms with Gasteiger partial charge in [0.2, 0.25) is 0 Å². The molecule has 0 rings (SSSR count). The Morgan fingerprint density at radius 2 is 1.70 bits per heavy atom. The van der Waals surface area contributed by atoms with Crippen molar-refractivity contribution in [1.29, 1.82) is 0 Å². The molecular formula is C16H28O4. The maximum atomic E-state index is 11.8. The van der Waals surface area contributed by atoms with E-state index in [-0.39, 0.29) is 18.4 Å². The van der Waals surface area contributed by atoms with Gasteiger partial charge >= 0.3 is 11.9 Å². The molecule has 1 unspecified atom stereocenters. The van der Waals surface area contributed by atoms with E-state index in [1.54, 1.807) is 19.9 Å². The lowest BCUT2D eigenvalue weighted by atomic mass is 10.0. The normalized spacial score (nSPS) is 12.3. The summed E-state index contributed by atoms with van der Waals surface area (Å²) < 4.78 is 9.86. The number of carbonyl (C=O) groups is 2. The summed E-state index contributed by atoms with van der Waals surface area (Å²) in [4.78, 5) is 23.2. The van der Waals surface area contributed by atoms with Gasteiger partial charge in [0.1, 0.15) is 0 Å². The highest BCUT2D eigenvalue weighted by Gasteiger charge is 2.20. The Bertz CT molecular complexity index is 297. The Morgan fingerprint density at radius 1 is 1.00 bits per heavy atom. The summed E-state index contributed by atoms with van der Waals surface area (Å²) in [5.74, 6) is -1.24. The van der Waals surface area contributed by atoms with Crippen LogP contribution in [0, 0.1) is 5.92 Å². The van der Waals surface area contributed by atoms with E-state index in [2.05, 4.69) is 6.92 Å². The van der Waals surface area contributed by atoms with Crippen molar-refractivity contribution in [1.82, 2.24) is 0 Å². The van der Waals surface area contributed by atoms with Gasteiger partial charge < -0.3 is 9.47 Å². The number of hydrogen-bond donors (Lipinski definition) is 0. The summed E-state index contributed by atoms with van der Waals surface area (Å²) in [6.07, 6.45) is 9.48. The number of esters is 2. The number of carbonyl (C=O) groups excluding carboxylic acids is 2. The van der Waals surface area contributed by atoms with Crippen LogP contribution in [-0.4, -0.2) is 25.2 Å². The molecule has 4 nitrogen and oxygen atoms in total. The highest BCUT2D eigenvalue weighted by molar-refractivity contribution is 5.81. The fraction of sp³-hybridized carbons (Fsp3) is 0.750. The second kappa shape index (κ2) is 12.7. The summed E-state index contributed by atoms with van der Waals surface area (Å²) in [5.41, 5.74) is 0. The van der Waals surface area contributed by atoms with Crippen molar-refractivity contribution in [2.24, 2.45) is 5.92 Å². The maximum Gasteiger partial charge on any atom is 0.313 e. The van der Waals surface area contributed by atoms with Crippen molar-refractivity contribution in [2.75, 3.05) is 13.2 Å². The lowest BCUT2D eigenvalue weighted by Crippen LogP contribution is -2.20. The summed E-state index contributed by atoms with van der Waals surface area (Å²) in [6, 6.07) is 0. The summed E-state index contributed by atoms with van der Waals surface area (Å²) in [7, 11) is 0. The molecule has 0 fully saturated rings. The second-order valence-electron chi connectivity index (χ2n) is 4.65. The zero-order chi connectivity index (χ0) is 15.2.